The first kappa shape index (κ1) is 12.8. The number of carbonyl (C=O) groups is 1. The number of amides is 1. The van der Waals surface area contributed by atoms with Crippen molar-refractivity contribution in [1.29, 1.82) is 0 Å². The average molecular weight is 253 g/mol. The fourth-order valence-corrected chi connectivity index (χ4v) is 1.92. The highest BCUT2D eigenvalue weighted by atomic mass is 19.1. The third-order valence-electron chi connectivity index (χ3n) is 3.06. The summed E-state index contributed by atoms with van der Waals surface area (Å²) >= 11 is 0. The zero-order valence-corrected chi connectivity index (χ0v) is 10.2. The Morgan fingerprint density at radius 1 is 1.44 bits per heavy atom. The molecule has 1 aromatic rings. The number of aliphatic hydroxyl groups excluding tert-OH is 1. The Morgan fingerprint density at radius 2 is 2.06 bits per heavy atom. The summed E-state index contributed by atoms with van der Waals surface area (Å²) in [6, 6.07) is 5.53. The number of hydrogen-bond donors (Lipinski definition) is 1. The maximum absolute atomic E-state index is 12.6. The fraction of sp³-hybridized carbons (Fsp3) is 0.462. The first-order valence-electron chi connectivity index (χ1n) is 5.79. The zero-order valence-electron chi connectivity index (χ0n) is 10.2. The highest BCUT2D eigenvalue weighted by Gasteiger charge is 2.40. The van der Waals surface area contributed by atoms with Crippen molar-refractivity contribution in [3.05, 3.63) is 30.1 Å². The maximum Gasteiger partial charge on any atom is 0.260 e. The van der Waals surface area contributed by atoms with Crippen molar-refractivity contribution in [2.75, 3.05) is 26.3 Å². The number of carbonyl (C=O) groups excluding carboxylic acids is 1. The summed E-state index contributed by atoms with van der Waals surface area (Å²) in [6.45, 7) is 3.05. The van der Waals surface area contributed by atoms with Gasteiger partial charge in [-0.25, -0.2) is 4.39 Å². The molecule has 5 heteroatoms. The molecule has 0 unspecified atom stereocenters. The van der Waals surface area contributed by atoms with E-state index in [1.54, 1.807) is 4.90 Å². The Morgan fingerprint density at radius 3 is 2.61 bits per heavy atom. The molecule has 0 atom stereocenters. The maximum atomic E-state index is 12.6. The SMILES string of the molecule is CC1(CO)CN(C(=O)COc2ccc(F)cc2)C1. The summed E-state index contributed by atoms with van der Waals surface area (Å²) < 4.78 is 17.9. The van der Waals surface area contributed by atoms with Crippen LogP contribution < -0.4 is 4.74 Å². The minimum Gasteiger partial charge on any atom is -0.484 e. The average Bonchev–Trinajstić information content (AvgIpc) is 2.34. The van der Waals surface area contributed by atoms with Crippen LogP contribution in [0.25, 0.3) is 0 Å². The lowest BCUT2D eigenvalue weighted by atomic mass is 9.83. The third kappa shape index (κ3) is 2.79. The highest BCUT2D eigenvalue weighted by Crippen LogP contribution is 2.28. The molecule has 0 aliphatic carbocycles. The smallest absolute Gasteiger partial charge is 0.260 e. The van der Waals surface area contributed by atoms with E-state index in [0.29, 0.717) is 18.8 Å². The second-order valence-corrected chi connectivity index (χ2v) is 4.96. The van der Waals surface area contributed by atoms with E-state index in [1.165, 1.54) is 24.3 Å². The normalized spacial score (nSPS) is 17.2. The largest absolute Gasteiger partial charge is 0.484 e. The number of aliphatic hydroxyl groups is 1. The van der Waals surface area contributed by atoms with Crippen molar-refractivity contribution in [2.45, 2.75) is 6.92 Å². The lowest BCUT2D eigenvalue weighted by Crippen LogP contribution is -2.59. The standard InChI is InChI=1S/C13H16FNO3/c1-13(9-16)7-15(8-13)12(17)6-18-11-4-2-10(14)3-5-11/h2-5,16H,6-9H2,1H3. The van der Waals surface area contributed by atoms with Gasteiger partial charge in [0.25, 0.3) is 5.91 Å². The van der Waals surface area contributed by atoms with Gasteiger partial charge in [0.05, 0.1) is 6.61 Å². The van der Waals surface area contributed by atoms with Crippen LogP contribution >= 0.6 is 0 Å². The van der Waals surface area contributed by atoms with Crippen molar-refractivity contribution >= 4 is 5.91 Å². The molecule has 1 aromatic carbocycles. The monoisotopic (exact) mass is 253 g/mol. The number of likely N-dealkylation sites (tertiary alicyclic amines) is 1. The van der Waals surface area contributed by atoms with Gasteiger partial charge in [0.1, 0.15) is 11.6 Å². The number of rotatable bonds is 4. The van der Waals surface area contributed by atoms with Crippen LogP contribution in [0.4, 0.5) is 4.39 Å². The highest BCUT2D eigenvalue weighted by molar-refractivity contribution is 5.78. The molecule has 0 spiro atoms. The Hall–Kier alpha value is -1.62. The van der Waals surface area contributed by atoms with Crippen LogP contribution in [0.1, 0.15) is 6.92 Å². The fourth-order valence-electron chi connectivity index (χ4n) is 1.92. The Bertz CT molecular complexity index is 426. The van der Waals surface area contributed by atoms with Gasteiger partial charge in [-0.15, -0.1) is 0 Å². The lowest BCUT2D eigenvalue weighted by molar-refractivity contribution is -0.146. The van der Waals surface area contributed by atoms with Crippen LogP contribution in [0.3, 0.4) is 0 Å². The van der Waals surface area contributed by atoms with Crippen LogP contribution in [0.5, 0.6) is 5.75 Å². The molecule has 0 radical (unpaired) electrons. The van der Waals surface area contributed by atoms with Gasteiger partial charge in [-0.2, -0.15) is 0 Å². The molecule has 1 aliphatic rings. The minimum atomic E-state index is -0.338. The molecule has 1 heterocycles. The Balaban J connectivity index is 1.78. The lowest BCUT2D eigenvalue weighted by Gasteiger charge is -2.46. The number of benzene rings is 1. The van der Waals surface area contributed by atoms with Gasteiger partial charge in [-0.05, 0) is 24.3 Å². The van der Waals surface area contributed by atoms with Crippen LogP contribution in [0.2, 0.25) is 0 Å². The first-order valence-corrected chi connectivity index (χ1v) is 5.79. The van der Waals surface area contributed by atoms with E-state index in [-0.39, 0.29) is 30.4 Å². The number of hydrogen-bond acceptors (Lipinski definition) is 3. The van der Waals surface area contributed by atoms with Gasteiger partial charge in [0.2, 0.25) is 0 Å². The molecule has 1 N–H and O–H groups in total. The summed E-state index contributed by atoms with van der Waals surface area (Å²) in [5.74, 6) is 0.00979. The molecule has 2 rings (SSSR count). The molecule has 4 nitrogen and oxygen atoms in total. The van der Waals surface area contributed by atoms with Crippen LogP contribution in [0, 0.1) is 11.2 Å². The zero-order chi connectivity index (χ0) is 13.2. The summed E-state index contributed by atoms with van der Waals surface area (Å²) in [6.07, 6.45) is 0. The molecule has 0 saturated carbocycles. The van der Waals surface area contributed by atoms with Crippen molar-refractivity contribution in [3.8, 4) is 5.75 Å². The number of nitrogens with zero attached hydrogens (tertiary/aromatic N) is 1. The second-order valence-electron chi connectivity index (χ2n) is 4.96. The van der Waals surface area contributed by atoms with Crippen LogP contribution in [-0.2, 0) is 4.79 Å². The molecular formula is C13H16FNO3. The minimum absolute atomic E-state index is 0.0624. The van der Waals surface area contributed by atoms with Crippen molar-refractivity contribution < 1.29 is 19.0 Å². The van der Waals surface area contributed by atoms with Crippen molar-refractivity contribution in [2.24, 2.45) is 5.41 Å². The van der Waals surface area contributed by atoms with Gasteiger partial charge >= 0.3 is 0 Å². The quantitative estimate of drug-likeness (QED) is 0.872. The molecule has 98 valence electrons. The molecule has 0 aromatic heterocycles. The van der Waals surface area contributed by atoms with Gasteiger partial charge in [-0.3, -0.25) is 4.79 Å². The summed E-state index contributed by atoms with van der Waals surface area (Å²) in [7, 11) is 0. The number of ether oxygens (including phenoxy) is 1. The second kappa shape index (κ2) is 4.94. The molecular weight excluding hydrogens is 237 g/mol. The third-order valence-corrected chi connectivity index (χ3v) is 3.06. The summed E-state index contributed by atoms with van der Waals surface area (Å²) in [4.78, 5) is 13.4. The summed E-state index contributed by atoms with van der Waals surface area (Å²) in [5.41, 5.74) is -0.175. The summed E-state index contributed by atoms with van der Waals surface area (Å²) in [5, 5.41) is 9.07. The molecule has 1 fully saturated rings. The van der Waals surface area contributed by atoms with Gasteiger partial charge in [-0.1, -0.05) is 6.92 Å². The van der Waals surface area contributed by atoms with Crippen molar-refractivity contribution in [1.82, 2.24) is 4.90 Å². The van der Waals surface area contributed by atoms with Gasteiger partial charge in [0.15, 0.2) is 6.61 Å². The van der Waals surface area contributed by atoms with E-state index in [9.17, 15) is 9.18 Å². The molecule has 1 saturated heterocycles. The van der Waals surface area contributed by atoms with E-state index in [0.717, 1.165) is 0 Å². The van der Waals surface area contributed by atoms with E-state index in [1.807, 2.05) is 6.92 Å². The predicted molar refractivity (Wildman–Crippen MR) is 63.7 cm³/mol. The predicted octanol–water partition coefficient (Wildman–Crippen LogP) is 1.05. The Labute approximate surface area is 105 Å². The van der Waals surface area contributed by atoms with Crippen molar-refractivity contribution in [3.63, 3.8) is 0 Å². The van der Waals surface area contributed by atoms with E-state index in [4.69, 9.17) is 9.84 Å². The Kier molecular flexibility index (Phi) is 3.52. The molecule has 1 aliphatic heterocycles. The van der Waals surface area contributed by atoms with E-state index >= 15 is 0 Å². The molecule has 1 amide bonds. The van der Waals surface area contributed by atoms with Crippen LogP contribution in [-0.4, -0.2) is 42.2 Å². The van der Waals surface area contributed by atoms with Gasteiger partial charge < -0.3 is 14.7 Å². The topological polar surface area (TPSA) is 49.8 Å². The van der Waals surface area contributed by atoms with Gasteiger partial charge in [0, 0.05) is 18.5 Å². The van der Waals surface area contributed by atoms with E-state index < -0.39 is 0 Å². The first-order chi connectivity index (χ1) is 8.52. The van der Waals surface area contributed by atoms with Crippen LogP contribution in [0.15, 0.2) is 24.3 Å². The molecule has 0 bridgehead atoms. The molecule has 18 heavy (non-hydrogen) atoms. The number of halogens is 1. The van der Waals surface area contributed by atoms with E-state index in [2.05, 4.69) is 0 Å².